The highest BCUT2D eigenvalue weighted by Gasteiger charge is 2.22. The minimum absolute atomic E-state index is 0. The van der Waals surface area contributed by atoms with Crippen LogP contribution < -0.4 is 15.4 Å². The van der Waals surface area contributed by atoms with Crippen LogP contribution in [0.3, 0.4) is 0 Å². The minimum atomic E-state index is 0. The second kappa shape index (κ2) is 14.9. The van der Waals surface area contributed by atoms with E-state index in [4.69, 9.17) is 9.47 Å². The third kappa shape index (κ3) is 8.98. The van der Waals surface area contributed by atoms with Crippen LogP contribution in [0.15, 0.2) is 24.3 Å². The molecule has 0 bridgehead atoms. The van der Waals surface area contributed by atoms with E-state index in [2.05, 4.69) is 22.5 Å². The molecule has 2 aliphatic heterocycles. The van der Waals surface area contributed by atoms with Crippen molar-refractivity contribution in [3.05, 3.63) is 29.8 Å². The van der Waals surface area contributed by atoms with E-state index in [1.165, 1.54) is 12.8 Å². The summed E-state index contributed by atoms with van der Waals surface area (Å²) in [4.78, 5) is 14.8. The third-order valence-electron chi connectivity index (χ3n) is 5.91. The third-order valence-corrected chi connectivity index (χ3v) is 5.91. The first-order valence-corrected chi connectivity index (χ1v) is 10.7. The van der Waals surface area contributed by atoms with Gasteiger partial charge in [0, 0.05) is 38.2 Å². The predicted octanol–water partition coefficient (Wildman–Crippen LogP) is 2.88. The van der Waals surface area contributed by atoms with Crippen molar-refractivity contribution in [2.24, 2.45) is 11.8 Å². The maximum Gasteiger partial charge on any atom is 0.220 e. The van der Waals surface area contributed by atoms with Gasteiger partial charge in [0.1, 0.15) is 12.4 Å². The molecule has 2 fully saturated rings. The summed E-state index contributed by atoms with van der Waals surface area (Å²) < 4.78 is 11.4. The molecule has 0 aliphatic carbocycles. The summed E-state index contributed by atoms with van der Waals surface area (Å²) in [5.74, 6) is 2.08. The van der Waals surface area contributed by atoms with Crippen molar-refractivity contribution >= 4 is 30.7 Å². The molecule has 1 amide bonds. The van der Waals surface area contributed by atoms with Crippen molar-refractivity contribution in [2.75, 3.05) is 52.5 Å². The van der Waals surface area contributed by atoms with Crippen LogP contribution in [0.1, 0.15) is 31.7 Å². The van der Waals surface area contributed by atoms with E-state index < -0.39 is 0 Å². The van der Waals surface area contributed by atoms with Crippen LogP contribution in [0.25, 0.3) is 0 Å². The molecule has 3 rings (SSSR count). The van der Waals surface area contributed by atoms with E-state index in [-0.39, 0.29) is 30.7 Å². The number of benzene rings is 1. The fraction of sp³-hybridized carbons (Fsp3) is 0.682. The number of carbonyl (C=O) groups is 1. The number of rotatable bonds is 9. The lowest BCUT2D eigenvalue weighted by atomic mass is 9.84. The van der Waals surface area contributed by atoms with Crippen molar-refractivity contribution in [1.29, 1.82) is 0 Å². The smallest absolute Gasteiger partial charge is 0.220 e. The Morgan fingerprint density at radius 2 is 1.93 bits per heavy atom. The number of hydrogen-bond acceptors (Lipinski definition) is 5. The Morgan fingerprint density at radius 1 is 1.23 bits per heavy atom. The van der Waals surface area contributed by atoms with Crippen molar-refractivity contribution in [3.63, 3.8) is 0 Å². The lowest BCUT2D eigenvalue weighted by Crippen LogP contribution is -2.38. The lowest BCUT2D eigenvalue weighted by molar-refractivity contribution is -0.122. The van der Waals surface area contributed by atoms with Crippen LogP contribution in [0.2, 0.25) is 0 Å². The molecule has 0 saturated carbocycles. The van der Waals surface area contributed by atoms with Crippen LogP contribution in [0.4, 0.5) is 0 Å². The monoisotopic (exact) mass is 461 g/mol. The minimum Gasteiger partial charge on any atom is -0.492 e. The molecule has 1 aromatic rings. The molecule has 0 aromatic heterocycles. The zero-order valence-corrected chi connectivity index (χ0v) is 19.6. The SMILES string of the molecule is CC(CC(=O)NCc1ccccc1OCCN1CCOCC1)C1CCNCC1.Cl.Cl. The van der Waals surface area contributed by atoms with Gasteiger partial charge in [0.15, 0.2) is 0 Å². The van der Waals surface area contributed by atoms with Crippen molar-refractivity contribution < 1.29 is 14.3 Å². The van der Waals surface area contributed by atoms with Gasteiger partial charge in [-0.2, -0.15) is 0 Å². The maximum absolute atomic E-state index is 12.4. The average molecular weight is 462 g/mol. The predicted molar refractivity (Wildman–Crippen MR) is 125 cm³/mol. The Balaban J connectivity index is 0.00000225. The van der Waals surface area contributed by atoms with E-state index in [1.807, 2.05) is 24.3 Å². The number of hydrogen-bond donors (Lipinski definition) is 2. The lowest BCUT2D eigenvalue weighted by Gasteiger charge is -2.28. The fourth-order valence-electron chi connectivity index (χ4n) is 4.04. The number of nitrogens with zero attached hydrogens (tertiary/aromatic N) is 1. The largest absolute Gasteiger partial charge is 0.492 e. The Morgan fingerprint density at radius 3 is 2.67 bits per heavy atom. The summed E-state index contributed by atoms with van der Waals surface area (Å²) in [6.07, 6.45) is 2.95. The highest BCUT2D eigenvalue weighted by atomic mass is 35.5. The molecule has 6 nitrogen and oxygen atoms in total. The van der Waals surface area contributed by atoms with E-state index >= 15 is 0 Å². The average Bonchev–Trinajstić information content (AvgIpc) is 2.74. The molecule has 2 heterocycles. The number of ether oxygens (including phenoxy) is 2. The quantitative estimate of drug-likeness (QED) is 0.591. The molecule has 2 saturated heterocycles. The molecule has 0 radical (unpaired) electrons. The number of para-hydroxylation sites is 1. The highest BCUT2D eigenvalue weighted by molar-refractivity contribution is 5.85. The van der Waals surface area contributed by atoms with Crippen molar-refractivity contribution in [2.45, 2.75) is 32.7 Å². The number of carbonyl (C=O) groups excluding carboxylic acids is 1. The van der Waals surface area contributed by atoms with Crippen LogP contribution in [0, 0.1) is 11.8 Å². The molecule has 30 heavy (non-hydrogen) atoms. The van der Waals surface area contributed by atoms with Crippen LogP contribution >= 0.6 is 24.8 Å². The van der Waals surface area contributed by atoms with E-state index in [0.29, 0.717) is 31.4 Å². The number of nitrogens with one attached hydrogen (secondary N) is 2. The molecule has 0 spiro atoms. The highest BCUT2D eigenvalue weighted by Crippen LogP contribution is 2.24. The first-order valence-electron chi connectivity index (χ1n) is 10.7. The normalized spacial score (nSPS) is 18.6. The number of piperidine rings is 1. The molecule has 1 unspecified atom stereocenters. The summed E-state index contributed by atoms with van der Waals surface area (Å²) in [5.41, 5.74) is 1.03. The van der Waals surface area contributed by atoms with E-state index in [9.17, 15) is 4.79 Å². The summed E-state index contributed by atoms with van der Waals surface area (Å²) in [6.45, 7) is 9.97. The molecule has 1 aromatic carbocycles. The second-order valence-corrected chi connectivity index (χ2v) is 7.96. The van der Waals surface area contributed by atoms with Gasteiger partial charge in [-0.05, 0) is 43.8 Å². The standard InChI is InChI=1S/C22H35N3O3.2ClH/c1-18(19-6-8-23-9-7-19)16-22(26)24-17-20-4-2-3-5-21(20)28-15-12-25-10-13-27-14-11-25;;/h2-5,18-19,23H,6-17H2,1H3,(H,24,26);2*1H. The Labute approximate surface area is 193 Å². The first kappa shape index (κ1) is 27.0. The van der Waals surface area contributed by atoms with Gasteiger partial charge in [-0.3, -0.25) is 9.69 Å². The van der Waals surface area contributed by atoms with Crippen molar-refractivity contribution in [3.8, 4) is 5.75 Å². The first-order chi connectivity index (χ1) is 13.7. The molecule has 8 heteroatoms. The molecular formula is C22H37Cl2N3O3. The molecule has 2 N–H and O–H groups in total. The van der Waals surface area contributed by atoms with Gasteiger partial charge in [0.25, 0.3) is 0 Å². The maximum atomic E-state index is 12.4. The van der Waals surface area contributed by atoms with Crippen LogP contribution in [-0.4, -0.2) is 63.4 Å². The zero-order valence-electron chi connectivity index (χ0n) is 17.9. The van der Waals surface area contributed by atoms with Gasteiger partial charge < -0.3 is 20.1 Å². The summed E-state index contributed by atoms with van der Waals surface area (Å²) in [7, 11) is 0. The second-order valence-electron chi connectivity index (χ2n) is 7.96. The Hall–Kier alpha value is -1.05. The zero-order chi connectivity index (χ0) is 19.6. The summed E-state index contributed by atoms with van der Waals surface area (Å²) in [5, 5.41) is 6.48. The van der Waals surface area contributed by atoms with Gasteiger partial charge in [0.2, 0.25) is 5.91 Å². The molecular weight excluding hydrogens is 425 g/mol. The molecule has 172 valence electrons. The van der Waals surface area contributed by atoms with Gasteiger partial charge in [-0.25, -0.2) is 0 Å². The van der Waals surface area contributed by atoms with E-state index in [1.54, 1.807) is 0 Å². The van der Waals surface area contributed by atoms with Crippen LogP contribution in [0.5, 0.6) is 5.75 Å². The number of amides is 1. The van der Waals surface area contributed by atoms with E-state index in [0.717, 1.165) is 57.3 Å². The van der Waals surface area contributed by atoms with Gasteiger partial charge in [-0.15, -0.1) is 24.8 Å². The van der Waals surface area contributed by atoms with Gasteiger partial charge in [-0.1, -0.05) is 25.1 Å². The number of morpholine rings is 1. The van der Waals surface area contributed by atoms with Gasteiger partial charge in [0.05, 0.1) is 13.2 Å². The van der Waals surface area contributed by atoms with Gasteiger partial charge >= 0.3 is 0 Å². The fourth-order valence-corrected chi connectivity index (χ4v) is 4.04. The summed E-state index contributed by atoms with van der Waals surface area (Å²) in [6, 6.07) is 7.99. The Bertz CT molecular complexity index is 609. The van der Waals surface area contributed by atoms with Crippen molar-refractivity contribution in [1.82, 2.24) is 15.5 Å². The van der Waals surface area contributed by atoms with Crippen LogP contribution in [-0.2, 0) is 16.1 Å². The summed E-state index contributed by atoms with van der Waals surface area (Å²) >= 11 is 0. The molecule has 2 aliphatic rings. The Kier molecular flexibility index (Phi) is 13.4. The topological polar surface area (TPSA) is 62.8 Å². The number of halogens is 2. The molecule has 1 atom stereocenters.